The first kappa shape index (κ1) is 17.4. The number of hydrogen-bond donors (Lipinski definition) is 2. The maximum Gasteiger partial charge on any atom is 0.328 e. The van der Waals surface area contributed by atoms with E-state index in [9.17, 15) is 9.90 Å². The zero-order chi connectivity index (χ0) is 14.3. The number of unbranched alkanes of at least 4 members (excludes halogenated alkanes) is 2. The van der Waals surface area contributed by atoms with E-state index >= 15 is 0 Å². The summed E-state index contributed by atoms with van der Waals surface area (Å²) in [6.07, 6.45) is 18.2. The van der Waals surface area contributed by atoms with Gasteiger partial charge in [-0.15, -0.1) is 0 Å². The fourth-order valence-electron chi connectivity index (χ4n) is 1.46. The highest BCUT2D eigenvalue weighted by Gasteiger charge is 1.99. The van der Waals surface area contributed by atoms with Gasteiger partial charge in [0, 0.05) is 6.08 Å². The van der Waals surface area contributed by atoms with Crippen LogP contribution >= 0.6 is 0 Å². The molecule has 3 nitrogen and oxygen atoms in total. The zero-order valence-corrected chi connectivity index (χ0v) is 11.5. The van der Waals surface area contributed by atoms with Gasteiger partial charge in [0.15, 0.2) is 0 Å². The lowest BCUT2D eigenvalue weighted by molar-refractivity contribution is -0.131. The van der Waals surface area contributed by atoms with E-state index in [1.165, 1.54) is 18.9 Å². The molecule has 106 valence electrons. The molecule has 0 radical (unpaired) electrons. The minimum atomic E-state index is -0.953. The number of aliphatic hydroxyl groups is 1. The van der Waals surface area contributed by atoms with E-state index in [4.69, 9.17) is 5.11 Å². The first-order chi connectivity index (χ1) is 9.16. The van der Waals surface area contributed by atoms with E-state index in [0.717, 1.165) is 18.9 Å². The predicted molar refractivity (Wildman–Crippen MR) is 79.0 cm³/mol. The van der Waals surface area contributed by atoms with Crippen molar-refractivity contribution in [1.82, 2.24) is 0 Å². The van der Waals surface area contributed by atoms with Gasteiger partial charge >= 0.3 is 5.97 Å². The molecule has 0 saturated heterocycles. The topological polar surface area (TPSA) is 57.5 Å². The lowest BCUT2D eigenvalue weighted by Gasteiger charge is -2.05. The molecule has 0 saturated carbocycles. The third-order valence-electron chi connectivity index (χ3n) is 2.48. The summed E-state index contributed by atoms with van der Waals surface area (Å²) in [6.45, 7) is 2.15. The molecule has 1 unspecified atom stereocenters. The maximum absolute atomic E-state index is 10.2. The number of carboxylic acids is 1. The molecule has 0 bridgehead atoms. The van der Waals surface area contributed by atoms with Crippen molar-refractivity contribution in [3.8, 4) is 0 Å². The fourth-order valence-corrected chi connectivity index (χ4v) is 1.46. The lowest BCUT2D eigenvalue weighted by atomic mass is 10.1. The Morgan fingerprint density at radius 1 is 1.05 bits per heavy atom. The summed E-state index contributed by atoms with van der Waals surface area (Å²) in [5.74, 6) is -0.953. The van der Waals surface area contributed by atoms with Gasteiger partial charge in [-0.05, 0) is 12.8 Å². The van der Waals surface area contributed by atoms with Crippen molar-refractivity contribution in [2.75, 3.05) is 0 Å². The number of rotatable bonds is 10. The molecule has 0 aliphatic rings. The highest BCUT2D eigenvalue weighted by molar-refractivity contribution is 5.80. The maximum atomic E-state index is 10.2. The summed E-state index contributed by atoms with van der Waals surface area (Å²) >= 11 is 0. The van der Waals surface area contributed by atoms with Crippen molar-refractivity contribution in [3.05, 3.63) is 48.6 Å². The lowest BCUT2D eigenvalue weighted by Crippen LogP contribution is -2.03. The van der Waals surface area contributed by atoms with Crippen molar-refractivity contribution in [2.45, 2.75) is 45.1 Å². The smallest absolute Gasteiger partial charge is 0.328 e. The average molecular weight is 264 g/mol. The van der Waals surface area contributed by atoms with Crippen LogP contribution in [0.25, 0.3) is 0 Å². The van der Waals surface area contributed by atoms with Crippen molar-refractivity contribution in [1.29, 1.82) is 0 Å². The largest absolute Gasteiger partial charge is 0.478 e. The molecule has 0 aromatic carbocycles. The number of carbonyl (C=O) groups is 1. The summed E-state index contributed by atoms with van der Waals surface area (Å²) in [5, 5.41) is 18.0. The average Bonchev–Trinajstić information content (AvgIpc) is 2.36. The van der Waals surface area contributed by atoms with Crippen LogP contribution in [0.15, 0.2) is 48.6 Å². The van der Waals surface area contributed by atoms with E-state index in [0.29, 0.717) is 6.42 Å². The molecule has 19 heavy (non-hydrogen) atoms. The second-order valence-corrected chi connectivity index (χ2v) is 4.28. The number of allylic oxidation sites excluding steroid dienone is 6. The van der Waals surface area contributed by atoms with Crippen LogP contribution in [-0.4, -0.2) is 22.3 Å². The van der Waals surface area contributed by atoms with E-state index < -0.39 is 5.97 Å². The third kappa shape index (κ3) is 14.3. The van der Waals surface area contributed by atoms with Gasteiger partial charge in [-0.25, -0.2) is 4.79 Å². The van der Waals surface area contributed by atoms with Gasteiger partial charge < -0.3 is 10.2 Å². The van der Waals surface area contributed by atoms with Crippen molar-refractivity contribution < 1.29 is 15.0 Å². The molecular weight excluding hydrogens is 240 g/mol. The van der Waals surface area contributed by atoms with E-state index in [2.05, 4.69) is 6.92 Å². The SMILES string of the molecule is CCCCCC(O)C/C=C/C=C/C=C/C=C/C(=O)O. The Bertz CT molecular complexity index is 338. The summed E-state index contributed by atoms with van der Waals surface area (Å²) in [7, 11) is 0. The highest BCUT2D eigenvalue weighted by Crippen LogP contribution is 2.06. The standard InChI is InChI=1S/C16H24O3/c1-2-3-9-12-15(17)13-10-7-5-4-6-8-11-14-16(18)19/h4-8,10-11,14-15,17H,2-3,9,12-13H2,1H3,(H,18,19)/b5-4+,8-6+,10-7+,14-11+. The molecule has 0 aliphatic heterocycles. The summed E-state index contributed by atoms with van der Waals surface area (Å²) in [5.41, 5.74) is 0. The predicted octanol–water partition coefficient (Wildman–Crippen LogP) is 3.63. The first-order valence-electron chi connectivity index (χ1n) is 6.74. The summed E-state index contributed by atoms with van der Waals surface area (Å²) < 4.78 is 0. The molecule has 0 rings (SSSR count). The van der Waals surface area contributed by atoms with Crippen LogP contribution in [0.3, 0.4) is 0 Å². The van der Waals surface area contributed by atoms with Crippen LogP contribution in [0.5, 0.6) is 0 Å². The Hall–Kier alpha value is -1.61. The Balaban J connectivity index is 3.69. The Labute approximate surface area is 115 Å². The zero-order valence-electron chi connectivity index (χ0n) is 11.5. The van der Waals surface area contributed by atoms with Gasteiger partial charge in [0.25, 0.3) is 0 Å². The summed E-state index contributed by atoms with van der Waals surface area (Å²) in [4.78, 5) is 10.2. The molecule has 1 atom stereocenters. The van der Waals surface area contributed by atoms with Crippen molar-refractivity contribution >= 4 is 5.97 Å². The van der Waals surface area contributed by atoms with Crippen LogP contribution in [0, 0.1) is 0 Å². The molecule has 0 spiro atoms. The van der Waals surface area contributed by atoms with Gasteiger partial charge in [-0.1, -0.05) is 68.7 Å². The first-order valence-corrected chi connectivity index (χ1v) is 6.74. The number of aliphatic hydroxyl groups excluding tert-OH is 1. The minimum absolute atomic E-state index is 0.245. The number of aliphatic carboxylic acids is 1. The van der Waals surface area contributed by atoms with Crippen LogP contribution in [0.2, 0.25) is 0 Å². The van der Waals surface area contributed by atoms with Crippen LogP contribution in [-0.2, 0) is 4.79 Å². The molecule has 2 N–H and O–H groups in total. The molecule has 0 amide bonds. The summed E-state index contributed by atoms with van der Waals surface area (Å²) in [6, 6.07) is 0. The van der Waals surface area contributed by atoms with Gasteiger partial charge in [-0.3, -0.25) is 0 Å². The Morgan fingerprint density at radius 2 is 1.68 bits per heavy atom. The van der Waals surface area contributed by atoms with Gasteiger partial charge in [0.1, 0.15) is 0 Å². The second kappa shape index (κ2) is 12.8. The molecule has 0 aromatic heterocycles. The molecule has 0 aliphatic carbocycles. The van der Waals surface area contributed by atoms with E-state index in [-0.39, 0.29) is 6.10 Å². The van der Waals surface area contributed by atoms with E-state index in [1.54, 1.807) is 12.2 Å². The van der Waals surface area contributed by atoms with Gasteiger partial charge in [0.05, 0.1) is 6.10 Å². The third-order valence-corrected chi connectivity index (χ3v) is 2.48. The van der Waals surface area contributed by atoms with Crippen molar-refractivity contribution in [3.63, 3.8) is 0 Å². The highest BCUT2D eigenvalue weighted by atomic mass is 16.4. The van der Waals surface area contributed by atoms with Crippen LogP contribution < -0.4 is 0 Å². The molecule has 3 heteroatoms. The quantitative estimate of drug-likeness (QED) is 0.360. The fraction of sp³-hybridized carbons (Fsp3) is 0.438. The number of carboxylic acid groups (broad SMARTS) is 1. The molecule has 0 aromatic rings. The van der Waals surface area contributed by atoms with Crippen LogP contribution in [0.1, 0.15) is 39.0 Å². The van der Waals surface area contributed by atoms with Gasteiger partial charge in [0.2, 0.25) is 0 Å². The second-order valence-electron chi connectivity index (χ2n) is 4.28. The molecular formula is C16H24O3. The molecule has 0 fully saturated rings. The number of hydrogen-bond acceptors (Lipinski definition) is 2. The Morgan fingerprint density at radius 3 is 2.32 bits per heavy atom. The minimum Gasteiger partial charge on any atom is -0.478 e. The van der Waals surface area contributed by atoms with Crippen LogP contribution in [0.4, 0.5) is 0 Å². The van der Waals surface area contributed by atoms with E-state index in [1.807, 2.05) is 24.3 Å². The van der Waals surface area contributed by atoms with Crippen molar-refractivity contribution in [2.24, 2.45) is 0 Å². The normalized spacial score (nSPS) is 14.2. The monoisotopic (exact) mass is 264 g/mol. The van der Waals surface area contributed by atoms with Gasteiger partial charge in [-0.2, -0.15) is 0 Å². The molecule has 0 heterocycles. The Kier molecular flexibility index (Phi) is 11.7.